The topological polar surface area (TPSA) is 81.2 Å². The Morgan fingerprint density at radius 1 is 1.33 bits per heavy atom. The van der Waals surface area contributed by atoms with E-state index < -0.39 is 0 Å². The Kier molecular flexibility index (Phi) is 4.93. The zero-order chi connectivity index (χ0) is 15.4. The largest absolute Gasteiger partial charge is 0.486 e. The lowest BCUT2D eigenvalue weighted by Gasteiger charge is -2.08. The molecule has 2 rings (SSSR count). The smallest absolute Gasteiger partial charge is 0.140 e. The SMILES string of the molecule is COCc1nc(COc2ccc(C)cc2C)sc1C(=N)N. The van der Waals surface area contributed by atoms with Gasteiger partial charge in [-0.2, -0.15) is 0 Å². The zero-order valence-corrected chi connectivity index (χ0v) is 13.2. The van der Waals surface area contributed by atoms with Crippen molar-refractivity contribution in [3.8, 4) is 5.75 Å². The summed E-state index contributed by atoms with van der Waals surface area (Å²) in [7, 11) is 1.59. The fourth-order valence-corrected chi connectivity index (χ4v) is 2.85. The molecule has 21 heavy (non-hydrogen) atoms. The fourth-order valence-electron chi connectivity index (χ4n) is 2.01. The number of nitrogens with zero attached hydrogens (tertiary/aromatic N) is 1. The molecule has 0 saturated heterocycles. The number of methoxy groups -OCH3 is 1. The number of amidine groups is 1. The molecule has 112 valence electrons. The van der Waals surface area contributed by atoms with Gasteiger partial charge in [0.05, 0.1) is 17.2 Å². The van der Waals surface area contributed by atoms with Crippen LogP contribution in [0.15, 0.2) is 18.2 Å². The van der Waals surface area contributed by atoms with E-state index in [0.717, 1.165) is 16.3 Å². The van der Waals surface area contributed by atoms with Gasteiger partial charge in [-0.3, -0.25) is 5.41 Å². The second kappa shape index (κ2) is 6.69. The number of rotatable bonds is 6. The molecule has 0 bridgehead atoms. The highest BCUT2D eigenvalue weighted by molar-refractivity contribution is 7.13. The van der Waals surface area contributed by atoms with Crippen LogP contribution in [0.5, 0.6) is 5.75 Å². The van der Waals surface area contributed by atoms with Crippen molar-refractivity contribution < 1.29 is 9.47 Å². The fraction of sp³-hybridized carbons (Fsp3) is 0.333. The maximum absolute atomic E-state index is 7.57. The van der Waals surface area contributed by atoms with E-state index in [1.54, 1.807) is 7.11 Å². The van der Waals surface area contributed by atoms with Gasteiger partial charge in [0.1, 0.15) is 23.2 Å². The number of hydrogen-bond donors (Lipinski definition) is 2. The van der Waals surface area contributed by atoms with Crippen molar-refractivity contribution in [2.45, 2.75) is 27.1 Å². The van der Waals surface area contributed by atoms with Crippen molar-refractivity contribution in [3.05, 3.63) is 44.9 Å². The number of thiazole rings is 1. The van der Waals surface area contributed by atoms with E-state index in [1.807, 2.05) is 26.0 Å². The van der Waals surface area contributed by atoms with Crippen molar-refractivity contribution >= 4 is 17.2 Å². The van der Waals surface area contributed by atoms with Gasteiger partial charge in [0.15, 0.2) is 0 Å². The standard InChI is InChI=1S/C15H19N3O2S/c1-9-4-5-12(10(2)6-9)20-8-13-18-11(7-19-3)14(21-13)15(16)17/h4-6H,7-8H2,1-3H3,(H3,16,17). The van der Waals surface area contributed by atoms with E-state index in [-0.39, 0.29) is 5.84 Å². The van der Waals surface area contributed by atoms with Crippen molar-refractivity contribution in [3.63, 3.8) is 0 Å². The van der Waals surface area contributed by atoms with Crippen molar-refractivity contribution in [2.24, 2.45) is 5.73 Å². The van der Waals surface area contributed by atoms with Crippen LogP contribution in [0, 0.1) is 19.3 Å². The van der Waals surface area contributed by atoms with E-state index in [4.69, 9.17) is 20.6 Å². The molecule has 1 aromatic heterocycles. The predicted molar refractivity (Wildman–Crippen MR) is 84.1 cm³/mol. The average molecular weight is 305 g/mol. The van der Waals surface area contributed by atoms with Crippen LogP contribution in [-0.4, -0.2) is 17.9 Å². The Bertz CT molecular complexity index is 652. The Morgan fingerprint density at radius 3 is 2.71 bits per heavy atom. The minimum Gasteiger partial charge on any atom is -0.486 e. The number of nitrogens with two attached hydrogens (primary N) is 1. The summed E-state index contributed by atoms with van der Waals surface area (Å²) in [6.07, 6.45) is 0. The van der Waals surface area contributed by atoms with Gasteiger partial charge >= 0.3 is 0 Å². The van der Waals surface area contributed by atoms with Gasteiger partial charge in [-0.15, -0.1) is 11.3 Å². The number of benzene rings is 1. The molecule has 1 heterocycles. The number of hydrogen-bond acceptors (Lipinski definition) is 5. The molecule has 0 spiro atoms. The highest BCUT2D eigenvalue weighted by atomic mass is 32.1. The number of nitrogen functional groups attached to an aromatic ring is 1. The lowest BCUT2D eigenvalue weighted by Crippen LogP contribution is -2.11. The minimum absolute atomic E-state index is 0.0114. The van der Waals surface area contributed by atoms with Crippen molar-refractivity contribution in [2.75, 3.05) is 7.11 Å². The summed E-state index contributed by atoms with van der Waals surface area (Å²) in [5.74, 6) is 0.853. The van der Waals surface area contributed by atoms with E-state index in [1.165, 1.54) is 16.9 Å². The number of nitrogens with one attached hydrogen (secondary N) is 1. The number of aryl methyl sites for hydroxylation is 2. The second-order valence-corrected chi connectivity index (χ2v) is 5.87. The minimum atomic E-state index is 0.0114. The Morgan fingerprint density at radius 2 is 2.10 bits per heavy atom. The molecule has 0 aliphatic carbocycles. The first-order valence-corrected chi connectivity index (χ1v) is 7.35. The molecule has 0 atom stereocenters. The third-order valence-corrected chi connectivity index (χ3v) is 4.05. The molecule has 0 aliphatic rings. The summed E-state index contributed by atoms with van der Waals surface area (Å²) in [5, 5.41) is 8.36. The van der Waals surface area contributed by atoms with Gasteiger partial charge in [-0.1, -0.05) is 17.7 Å². The van der Waals surface area contributed by atoms with Crippen LogP contribution in [-0.2, 0) is 18.0 Å². The third-order valence-electron chi connectivity index (χ3n) is 2.95. The van der Waals surface area contributed by atoms with E-state index in [0.29, 0.717) is 23.8 Å². The van der Waals surface area contributed by atoms with Gasteiger partial charge < -0.3 is 15.2 Å². The number of ether oxygens (including phenoxy) is 2. The van der Waals surface area contributed by atoms with E-state index in [9.17, 15) is 0 Å². The molecular formula is C15H19N3O2S. The van der Waals surface area contributed by atoms with Crippen LogP contribution in [0.3, 0.4) is 0 Å². The molecule has 0 saturated carbocycles. The molecule has 0 fully saturated rings. The maximum atomic E-state index is 7.57. The molecule has 2 aromatic rings. The van der Waals surface area contributed by atoms with Crippen LogP contribution < -0.4 is 10.5 Å². The van der Waals surface area contributed by atoms with Gasteiger partial charge in [0.2, 0.25) is 0 Å². The van der Waals surface area contributed by atoms with Gasteiger partial charge in [0, 0.05) is 7.11 Å². The van der Waals surface area contributed by atoms with E-state index in [2.05, 4.69) is 11.1 Å². The maximum Gasteiger partial charge on any atom is 0.140 e. The quantitative estimate of drug-likeness (QED) is 0.635. The Labute approximate surface area is 128 Å². The van der Waals surface area contributed by atoms with Crippen LogP contribution in [0.4, 0.5) is 0 Å². The molecule has 6 heteroatoms. The van der Waals surface area contributed by atoms with Crippen molar-refractivity contribution in [1.82, 2.24) is 4.98 Å². The molecule has 3 N–H and O–H groups in total. The molecule has 0 amide bonds. The zero-order valence-electron chi connectivity index (χ0n) is 12.4. The summed E-state index contributed by atoms with van der Waals surface area (Å²) < 4.78 is 10.9. The summed E-state index contributed by atoms with van der Waals surface area (Å²) in [4.78, 5) is 5.08. The van der Waals surface area contributed by atoms with Gasteiger partial charge in [0.25, 0.3) is 0 Å². The normalized spacial score (nSPS) is 10.6. The molecule has 0 aliphatic heterocycles. The molecule has 0 unspecified atom stereocenters. The lowest BCUT2D eigenvalue weighted by atomic mass is 10.1. The Balaban J connectivity index is 2.12. The molecular weight excluding hydrogens is 286 g/mol. The summed E-state index contributed by atoms with van der Waals surface area (Å²) >= 11 is 1.37. The summed E-state index contributed by atoms with van der Waals surface area (Å²) in [6.45, 7) is 4.77. The second-order valence-electron chi connectivity index (χ2n) is 4.79. The summed E-state index contributed by atoms with van der Waals surface area (Å²) in [5.41, 5.74) is 8.55. The van der Waals surface area contributed by atoms with E-state index >= 15 is 0 Å². The average Bonchev–Trinajstić information content (AvgIpc) is 2.81. The highest BCUT2D eigenvalue weighted by Crippen LogP contribution is 2.23. The Hall–Kier alpha value is -1.92. The van der Waals surface area contributed by atoms with Gasteiger partial charge in [-0.25, -0.2) is 4.98 Å². The molecule has 0 radical (unpaired) electrons. The van der Waals surface area contributed by atoms with Crippen LogP contribution in [0.1, 0.15) is 26.7 Å². The van der Waals surface area contributed by atoms with Gasteiger partial charge in [-0.05, 0) is 25.5 Å². The van der Waals surface area contributed by atoms with Crippen molar-refractivity contribution in [1.29, 1.82) is 5.41 Å². The first-order chi connectivity index (χ1) is 10.0. The number of aromatic nitrogens is 1. The summed E-state index contributed by atoms with van der Waals surface area (Å²) in [6, 6.07) is 6.05. The van der Waals surface area contributed by atoms with Crippen LogP contribution in [0.2, 0.25) is 0 Å². The lowest BCUT2D eigenvalue weighted by molar-refractivity contribution is 0.181. The molecule has 1 aromatic carbocycles. The predicted octanol–water partition coefficient (Wildman–Crippen LogP) is 2.77. The van der Waals surface area contributed by atoms with Crippen LogP contribution >= 0.6 is 11.3 Å². The van der Waals surface area contributed by atoms with Crippen LogP contribution in [0.25, 0.3) is 0 Å². The molecule has 5 nitrogen and oxygen atoms in total. The first kappa shape index (κ1) is 15.5. The first-order valence-electron chi connectivity index (χ1n) is 6.53. The highest BCUT2D eigenvalue weighted by Gasteiger charge is 2.14. The monoisotopic (exact) mass is 305 g/mol. The third kappa shape index (κ3) is 3.80.